The van der Waals surface area contributed by atoms with Crippen LogP contribution in [-0.2, 0) is 25.0 Å². The van der Waals surface area contributed by atoms with Crippen molar-refractivity contribution < 1.29 is 30.7 Å². The van der Waals surface area contributed by atoms with Crippen molar-refractivity contribution in [2.24, 2.45) is 0 Å². The standard InChI is InChI=1S/2C6H6O3S.CH2O/c2*7-10(8,9)6-4-2-1-3-5-6;1-2/h2*1-5H,(H,7,8,9);1H2. The number of carbonyl (C=O) groups excluding carboxylic acids is 1. The highest BCUT2D eigenvalue weighted by Crippen LogP contribution is 2.05. The van der Waals surface area contributed by atoms with Gasteiger partial charge in [0.25, 0.3) is 20.2 Å². The second kappa shape index (κ2) is 9.05. The minimum absolute atomic E-state index is 0.0741. The maximum absolute atomic E-state index is 10.4. The van der Waals surface area contributed by atoms with Crippen molar-refractivity contribution in [3.8, 4) is 0 Å². The van der Waals surface area contributed by atoms with Gasteiger partial charge in [0.05, 0.1) is 9.79 Å². The predicted molar refractivity (Wildman–Crippen MR) is 79.6 cm³/mol. The zero-order valence-corrected chi connectivity index (χ0v) is 12.9. The first-order valence-electron chi connectivity index (χ1n) is 5.55. The molecule has 2 aromatic rings. The molecule has 0 amide bonds. The summed E-state index contributed by atoms with van der Waals surface area (Å²) in [4.78, 5) is 7.85. The van der Waals surface area contributed by atoms with Crippen molar-refractivity contribution in [2.75, 3.05) is 0 Å². The molecule has 0 atom stereocenters. The summed E-state index contributed by atoms with van der Waals surface area (Å²) in [5.74, 6) is 0. The largest absolute Gasteiger partial charge is 0.307 e. The lowest BCUT2D eigenvalue weighted by molar-refractivity contribution is -0.0980. The Labute approximate surface area is 128 Å². The van der Waals surface area contributed by atoms with Gasteiger partial charge in [-0.2, -0.15) is 16.8 Å². The lowest BCUT2D eigenvalue weighted by Gasteiger charge is -1.92. The van der Waals surface area contributed by atoms with Crippen LogP contribution < -0.4 is 0 Å². The van der Waals surface area contributed by atoms with E-state index in [1.54, 1.807) is 36.4 Å². The minimum atomic E-state index is -4.00. The second-order valence-electron chi connectivity index (χ2n) is 3.58. The van der Waals surface area contributed by atoms with Crippen LogP contribution in [0.3, 0.4) is 0 Å². The lowest BCUT2D eigenvalue weighted by atomic mass is 10.4. The smallest absolute Gasteiger partial charge is 0.294 e. The highest BCUT2D eigenvalue weighted by molar-refractivity contribution is 7.86. The van der Waals surface area contributed by atoms with Crippen molar-refractivity contribution in [1.82, 2.24) is 0 Å². The lowest BCUT2D eigenvalue weighted by Crippen LogP contribution is -1.96. The first-order valence-corrected chi connectivity index (χ1v) is 8.43. The molecule has 22 heavy (non-hydrogen) atoms. The molecule has 7 nitrogen and oxygen atoms in total. The molecule has 0 fully saturated rings. The Balaban J connectivity index is 0.000000360. The first-order chi connectivity index (χ1) is 10.2. The maximum Gasteiger partial charge on any atom is 0.294 e. The van der Waals surface area contributed by atoms with Gasteiger partial charge in [-0.25, -0.2) is 0 Å². The van der Waals surface area contributed by atoms with Gasteiger partial charge in [-0.1, -0.05) is 36.4 Å². The van der Waals surface area contributed by atoms with Crippen LogP contribution in [0.15, 0.2) is 70.5 Å². The zero-order valence-electron chi connectivity index (χ0n) is 11.2. The molecule has 0 saturated carbocycles. The normalized spacial score (nSPS) is 10.5. The number of rotatable bonds is 2. The third kappa shape index (κ3) is 7.64. The third-order valence-electron chi connectivity index (χ3n) is 2.08. The molecule has 0 spiro atoms. The monoisotopic (exact) mass is 346 g/mol. The maximum atomic E-state index is 10.4. The Hall–Kier alpha value is -2.07. The van der Waals surface area contributed by atoms with Crippen LogP contribution in [0.25, 0.3) is 0 Å². The molecule has 0 aromatic heterocycles. The molecule has 0 bridgehead atoms. The molecule has 0 unspecified atom stereocenters. The van der Waals surface area contributed by atoms with Crippen molar-refractivity contribution in [1.29, 1.82) is 0 Å². The van der Waals surface area contributed by atoms with Gasteiger partial charge in [0.15, 0.2) is 0 Å². The molecule has 120 valence electrons. The van der Waals surface area contributed by atoms with Crippen molar-refractivity contribution in [3.63, 3.8) is 0 Å². The molecular weight excluding hydrogens is 332 g/mol. The third-order valence-corrected chi connectivity index (χ3v) is 3.82. The molecule has 0 aliphatic heterocycles. The summed E-state index contributed by atoms with van der Waals surface area (Å²) in [7, 11) is -8.01. The van der Waals surface area contributed by atoms with Crippen LogP contribution in [0.2, 0.25) is 0 Å². The fourth-order valence-corrected chi connectivity index (χ4v) is 2.19. The number of carbonyl (C=O) groups is 1. The van der Waals surface area contributed by atoms with Crippen molar-refractivity contribution in [2.45, 2.75) is 9.79 Å². The van der Waals surface area contributed by atoms with E-state index in [1.807, 2.05) is 6.79 Å². The van der Waals surface area contributed by atoms with E-state index in [0.29, 0.717) is 0 Å². The first kappa shape index (κ1) is 19.9. The Morgan fingerprint density at radius 3 is 0.955 bits per heavy atom. The molecule has 0 saturated heterocycles. The molecule has 2 aromatic carbocycles. The minimum Gasteiger partial charge on any atom is -0.307 e. The molecular formula is C13H14O7S2. The summed E-state index contributed by atoms with van der Waals surface area (Å²) in [5.41, 5.74) is 0. The molecule has 2 rings (SSSR count). The van der Waals surface area contributed by atoms with Gasteiger partial charge in [0.1, 0.15) is 6.79 Å². The van der Waals surface area contributed by atoms with Crippen molar-refractivity contribution in [3.05, 3.63) is 60.7 Å². The Kier molecular flexibility index (Phi) is 8.20. The number of hydrogen-bond donors (Lipinski definition) is 2. The van der Waals surface area contributed by atoms with E-state index in [2.05, 4.69) is 0 Å². The molecule has 0 aliphatic rings. The zero-order chi connectivity index (χ0) is 17.2. The Bertz CT molecular complexity index is 687. The van der Waals surface area contributed by atoms with Gasteiger partial charge in [0, 0.05) is 0 Å². The van der Waals surface area contributed by atoms with Crippen LogP contribution in [0.5, 0.6) is 0 Å². The molecule has 0 aliphatic carbocycles. The van der Waals surface area contributed by atoms with Crippen LogP contribution in [0.4, 0.5) is 0 Å². The van der Waals surface area contributed by atoms with Gasteiger partial charge >= 0.3 is 0 Å². The van der Waals surface area contributed by atoms with Crippen LogP contribution >= 0.6 is 0 Å². The summed E-state index contributed by atoms with van der Waals surface area (Å²) >= 11 is 0. The summed E-state index contributed by atoms with van der Waals surface area (Å²) in [6.45, 7) is 2.00. The molecule has 0 radical (unpaired) electrons. The Morgan fingerprint density at radius 2 is 0.818 bits per heavy atom. The number of benzene rings is 2. The summed E-state index contributed by atoms with van der Waals surface area (Å²) in [6.07, 6.45) is 0. The van der Waals surface area contributed by atoms with Gasteiger partial charge < -0.3 is 4.79 Å². The van der Waals surface area contributed by atoms with E-state index in [1.165, 1.54) is 24.3 Å². The van der Waals surface area contributed by atoms with E-state index in [-0.39, 0.29) is 9.79 Å². The fourth-order valence-electron chi connectivity index (χ4n) is 1.18. The van der Waals surface area contributed by atoms with Crippen LogP contribution in [0.1, 0.15) is 0 Å². The second-order valence-corrected chi connectivity index (χ2v) is 6.42. The highest BCUT2D eigenvalue weighted by atomic mass is 32.2. The van der Waals surface area contributed by atoms with E-state index in [0.717, 1.165) is 0 Å². The van der Waals surface area contributed by atoms with Crippen molar-refractivity contribution >= 4 is 27.0 Å². The topological polar surface area (TPSA) is 126 Å². The SMILES string of the molecule is C=O.O=S(=O)(O)c1ccccc1.O=S(=O)(O)c1ccccc1. The predicted octanol–water partition coefficient (Wildman–Crippen LogP) is 1.68. The van der Waals surface area contributed by atoms with Crippen LogP contribution in [-0.4, -0.2) is 32.7 Å². The molecule has 9 heteroatoms. The molecule has 2 N–H and O–H groups in total. The van der Waals surface area contributed by atoms with E-state index < -0.39 is 20.2 Å². The fraction of sp³-hybridized carbons (Fsp3) is 0. The van der Waals surface area contributed by atoms with E-state index >= 15 is 0 Å². The van der Waals surface area contributed by atoms with E-state index in [9.17, 15) is 16.8 Å². The highest BCUT2D eigenvalue weighted by Gasteiger charge is 2.06. The van der Waals surface area contributed by atoms with Gasteiger partial charge in [-0.05, 0) is 24.3 Å². The summed E-state index contributed by atoms with van der Waals surface area (Å²) < 4.78 is 58.5. The summed E-state index contributed by atoms with van der Waals surface area (Å²) in [5, 5.41) is 0. The van der Waals surface area contributed by atoms with Gasteiger partial charge in [-0.3, -0.25) is 9.11 Å². The van der Waals surface area contributed by atoms with E-state index in [4.69, 9.17) is 13.9 Å². The Morgan fingerprint density at radius 1 is 0.591 bits per heavy atom. The van der Waals surface area contributed by atoms with Crippen LogP contribution in [0, 0.1) is 0 Å². The number of hydrogen-bond acceptors (Lipinski definition) is 5. The average Bonchev–Trinajstić information content (AvgIpc) is 2.50. The van der Waals surface area contributed by atoms with Gasteiger partial charge in [0.2, 0.25) is 0 Å². The van der Waals surface area contributed by atoms with Gasteiger partial charge in [-0.15, -0.1) is 0 Å². The average molecular weight is 346 g/mol. The molecule has 0 heterocycles. The quantitative estimate of drug-likeness (QED) is 0.792. The summed E-state index contributed by atoms with van der Waals surface area (Å²) in [6, 6.07) is 14.8.